The first-order valence-electron chi connectivity index (χ1n) is 7.61. The first-order valence-corrected chi connectivity index (χ1v) is 7.61. The van der Waals surface area contributed by atoms with Crippen molar-refractivity contribution in [2.45, 2.75) is 65.2 Å². The van der Waals surface area contributed by atoms with E-state index in [0.717, 1.165) is 12.8 Å². The molecule has 0 fully saturated rings. The topological polar surface area (TPSA) is 54.6 Å². The van der Waals surface area contributed by atoms with Crippen molar-refractivity contribution in [3.63, 3.8) is 0 Å². The van der Waals surface area contributed by atoms with Crippen LogP contribution in [0.15, 0.2) is 27.9 Å². The van der Waals surface area contributed by atoms with Gasteiger partial charge in [0.25, 0.3) is 0 Å². The minimum atomic E-state index is -0.0236. The Bertz CT molecular complexity index is 397. The Morgan fingerprint density at radius 1 is 1.20 bits per heavy atom. The van der Waals surface area contributed by atoms with E-state index in [0.29, 0.717) is 17.9 Å². The monoisotopic (exact) mass is 278 g/mol. The third kappa shape index (κ3) is 7.12. The van der Waals surface area contributed by atoms with E-state index in [-0.39, 0.29) is 5.91 Å². The van der Waals surface area contributed by atoms with Crippen LogP contribution in [0, 0.1) is 0 Å². The Morgan fingerprint density at radius 3 is 2.55 bits per heavy atom. The summed E-state index contributed by atoms with van der Waals surface area (Å²) in [4.78, 5) is 11.6. The number of hydrogen-bond donors (Lipinski definition) is 1. The number of amides is 1. The third-order valence-electron chi connectivity index (χ3n) is 3.23. The Balaban J connectivity index is 2.07. The van der Waals surface area contributed by atoms with Gasteiger partial charge < -0.3 is 4.42 Å². The number of furan rings is 1. The van der Waals surface area contributed by atoms with Crippen LogP contribution in [0.5, 0.6) is 0 Å². The lowest BCUT2D eigenvalue weighted by molar-refractivity contribution is -0.121. The van der Waals surface area contributed by atoms with E-state index in [1.54, 1.807) is 12.3 Å². The van der Waals surface area contributed by atoms with Crippen LogP contribution in [0.25, 0.3) is 0 Å². The molecule has 0 aliphatic rings. The smallest absolute Gasteiger partial charge is 0.240 e. The largest absolute Gasteiger partial charge is 0.463 e. The first-order chi connectivity index (χ1) is 9.74. The second-order valence-electron chi connectivity index (χ2n) is 5.08. The number of carbonyl (C=O) groups is 1. The van der Waals surface area contributed by atoms with E-state index in [1.807, 2.05) is 13.0 Å². The molecule has 0 aliphatic heterocycles. The highest BCUT2D eigenvalue weighted by atomic mass is 16.3. The van der Waals surface area contributed by atoms with Gasteiger partial charge in [-0.05, 0) is 25.5 Å². The molecule has 4 heteroatoms. The third-order valence-corrected chi connectivity index (χ3v) is 3.23. The molecular formula is C16H26N2O2. The molecule has 0 atom stereocenters. The maximum absolute atomic E-state index is 11.6. The summed E-state index contributed by atoms with van der Waals surface area (Å²) in [5.74, 6) is 0.658. The highest BCUT2D eigenvalue weighted by molar-refractivity contribution is 5.96. The Hall–Kier alpha value is -1.58. The van der Waals surface area contributed by atoms with E-state index in [2.05, 4.69) is 17.5 Å². The van der Waals surface area contributed by atoms with E-state index in [4.69, 9.17) is 4.42 Å². The zero-order valence-corrected chi connectivity index (χ0v) is 12.7. The van der Waals surface area contributed by atoms with Crippen LogP contribution in [0.1, 0.15) is 71.0 Å². The number of rotatable bonds is 10. The van der Waals surface area contributed by atoms with E-state index >= 15 is 0 Å². The highest BCUT2D eigenvalue weighted by Gasteiger charge is 2.02. The van der Waals surface area contributed by atoms with Crippen LogP contribution >= 0.6 is 0 Å². The molecule has 0 bridgehead atoms. The lowest BCUT2D eigenvalue weighted by atomic mass is 10.1. The second-order valence-corrected chi connectivity index (χ2v) is 5.08. The predicted molar refractivity (Wildman–Crippen MR) is 81.7 cm³/mol. The van der Waals surface area contributed by atoms with Crippen molar-refractivity contribution in [2.24, 2.45) is 5.10 Å². The molecule has 0 spiro atoms. The van der Waals surface area contributed by atoms with Crippen LogP contribution in [-0.2, 0) is 4.79 Å². The molecule has 1 heterocycles. The lowest BCUT2D eigenvalue weighted by Crippen LogP contribution is -2.18. The minimum absolute atomic E-state index is 0.0236. The summed E-state index contributed by atoms with van der Waals surface area (Å²) in [5.41, 5.74) is 3.25. The summed E-state index contributed by atoms with van der Waals surface area (Å²) < 4.78 is 5.19. The highest BCUT2D eigenvalue weighted by Crippen LogP contribution is 2.08. The molecule has 0 unspecified atom stereocenters. The number of hydrogen-bond acceptors (Lipinski definition) is 3. The zero-order valence-electron chi connectivity index (χ0n) is 12.7. The lowest BCUT2D eigenvalue weighted by Gasteiger charge is -2.02. The fourth-order valence-electron chi connectivity index (χ4n) is 1.98. The number of nitrogens with zero attached hydrogens (tertiary/aromatic N) is 1. The van der Waals surface area contributed by atoms with Crippen LogP contribution in [0.2, 0.25) is 0 Å². The van der Waals surface area contributed by atoms with Crippen LogP contribution in [0.3, 0.4) is 0 Å². The molecule has 1 aromatic rings. The average molecular weight is 278 g/mol. The van der Waals surface area contributed by atoms with Gasteiger partial charge in [0.15, 0.2) is 0 Å². The predicted octanol–water partition coefficient (Wildman–Crippen LogP) is 4.26. The minimum Gasteiger partial charge on any atom is -0.463 e. The molecule has 0 radical (unpaired) electrons. The van der Waals surface area contributed by atoms with E-state index in [9.17, 15) is 4.79 Å². The van der Waals surface area contributed by atoms with Crippen LogP contribution < -0.4 is 5.43 Å². The van der Waals surface area contributed by atoms with Gasteiger partial charge in [-0.3, -0.25) is 4.79 Å². The summed E-state index contributed by atoms with van der Waals surface area (Å²) in [7, 11) is 0. The van der Waals surface area contributed by atoms with Crippen molar-refractivity contribution in [2.75, 3.05) is 0 Å². The normalized spacial score (nSPS) is 11.6. The Morgan fingerprint density at radius 2 is 1.90 bits per heavy atom. The van der Waals surface area contributed by atoms with Gasteiger partial charge in [0, 0.05) is 6.42 Å². The molecule has 4 nitrogen and oxygen atoms in total. The standard InChI is InChI=1S/C16H26N2O2/c1-3-4-5-6-7-8-9-12-16(19)18-17-14(2)15-11-10-13-20-15/h10-11,13H,3-9,12H2,1-2H3,(H,18,19). The van der Waals surface area contributed by atoms with Crippen LogP contribution in [-0.4, -0.2) is 11.6 Å². The fraction of sp³-hybridized carbons (Fsp3) is 0.625. The summed E-state index contributed by atoms with van der Waals surface area (Å²) in [6, 6.07) is 3.62. The Kier molecular flexibility index (Phi) is 8.43. The molecule has 1 amide bonds. The van der Waals surface area contributed by atoms with Gasteiger partial charge in [-0.1, -0.05) is 45.4 Å². The Labute approximate surface area is 121 Å². The van der Waals surface area contributed by atoms with Crippen molar-refractivity contribution >= 4 is 11.6 Å². The average Bonchev–Trinajstić information content (AvgIpc) is 2.98. The van der Waals surface area contributed by atoms with E-state index < -0.39 is 0 Å². The number of nitrogens with one attached hydrogen (secondary N) is 1. The van der Waals surface area contributed by atoms with Gasteiger partial charge in [-0.15, -0.1) is 0 Å². The van der Waals surface area contributed by atoms with Crippen LogP contribution in [0.4, 0.5) is 0 Å². The van der Waals surface area contributed by atoms with Gasteiger partial charge >= 0.3 is 0 Å². The molecule has 112 valence electrons. The summed E-state index contributed by atoms with van der Waals surface area (Å²) in [6.07, 6.45) is 10.6. The van der Waals surface area contributed by atoms with Gasteiger partial charge in [0.05, 0.1) is 6.26 Å². The van der Waals surface area contributed by atoms with Gasteiger partial charge in [-0.2, -0.15) is 5.10 Å². The zero-order chi connectivity index (χ0) is 14.6. The van der Waals surface area contributed by atoms with Crippen molar-refractivity contribution in [3.05, 3.63) is 24.2 Å². The molecule has 0 aromatic carbocycles. The molecule has 0 aliphatic carbocycles. The summed E-state index contributed by atoms with van der Waals surface area (Å²) in [5, 5.41) is 4.03. The van der Waals surface area contributed by atoms with Gasteiger partial charge in [0.2, 0.25) is 5.91 Å². The number of carbonyl (C=O) groups excluding carboxylic acids is 1. The van der Waals surface area contributed by atoms with Gasteiger partial charge in [-0.25, -0.2) is 5.43 Å². The van der Waals surface area contributed by atoms with Gasteiger partial charge in [0.1, 0.15) is 11.5 Å². The number of hydrazone groups is 1. The second kappa shape index (κ2) is 10.2. The summed E-state index contributed by atoms with van der Waals surface area (Å²) >= 11 is 0. The molecule has 1 rings (SSSR count). The molecule has 0 saturated carbocycles. The maximum atomic E-state index is 11.6. The van der Waals surface area contributed by atoms with Crippen molar-refractivity contribution in [1.29, 1.82) is 0 Å². The molecule has 0 saturated heterocycles. The molecule has 1 aromatic heterocycles. The van der Waals surface area contributed by atoms with Crippen molar-refractivity contribution < 1.29 is 9.21 Å². The molecule has 1 N–H and O–H groups in total. The molecule has 20 heavy (non-hydrogen) atoms. The maximum Gasteiger partial charge on any atom is 0.240 e. The fourth-order valence-corrected chi connectivity index (χ4v) is 1.98. The van der Waals surface area contributed by atoms with E-state index in [1.165, 1.54) is 32.1 Å². The quantitative estimate of drug-likeness (QED) is 0.395. The first kappa shape index (κ1) is 16.5. The SMILES string of the molecule is CCCCCCCCCC(=O)NN=C(C)c1ccco1. The number of unbranched alkanes of at least 4 members (excludes halogenated alkanes) is 6. The van der Waals surface area contributed by atoms with Crippen molar-refractivity contribution in [3.8, 4) is 0 Å². The van der Waals surface area contributed by atoms with Crippen molar-refractivity contribution in [1.82, 2.24) is 5.43 Å². The molecular weight excluding hydrogens is 252 g/mol. The summed E-state index contributed by atoms with van der Waals surface area (Å²) in [6.45, 7) is 4.03.